The summed E-state index contributed by atoms with van der Waals surface area (Å²) in [5.41, 5.74) is 0.301. The lowest BCUT2D eigenvalue weighted by atomic mass is 9.69. The van der Waals surface area contributed by atoms with Crippen LogP contribution in [0.3, 0.4) is 0 Å². The van der Waals surface area contributed by atoms with Gasteiger partial charge in [-0.3, -0.25) is 9.59 Å². The average molecular weight is 430 g/mol. The average Bonchev–Trinajstić information content (AvgIpc) is 3.36. The Kier molecular flexibility index (Phi) is 7.58. The molecule has 1 amide bonds. The second-order valence-corrected chi connectivity index (χ2v) is 9.34. The fraction of sp³-hybridized carbons (Fsp3) is 0.565. The highest BCUT2D eigenvalue weighted by atomic mass is 32.1. The van der Waals surface area contributed by atoms with Crippen LogP contribution in [0.5, 0.6) is 0 Å². The summed E-state index contributed by atoms with van der Waals surface area (Å²) in [5, 5.41) is 22.6. The number of rotatable bonds is 10. The van der Waals surface area contributed by atoms with E-state index in [1.54, 1.807) is 0 Å². The van der Waals surface area contributed by atoms with Crippen LogP contribution in [-0.4, -0.2) is 27.2 Å². The number of carboxylic acids is 1. The number of benzene rings is 1. The maximum Gasteiger partial charge on any atom is 0.309 e. The van der Waals surface area contributed by atoms with Gasteiger partial charge in [-0.2, -0.15) is 0 Å². The SMILES string of the molecule is CCCC(CC1(C(=O)O)CCCC1Cc1ccccc1)C(=O)Nc1nnc(CC)s1. The topological polar surface area (TPSA) is 92.2 Å². The Labute approximate surface area is 182 Å². The zero-order chi connectivity index (χ0) is 21.6. The first-order valence-corrected chi connectivity index (χ1v) is 11.7. The van der Waals surface area contributed by atoms with E-state index in [1.165, 1.54) is 11.3 Å². The number of aryl methyl sites for hydroxylation is 1. The van der Waals surface area contributed by atoms with Crippen molar-refractivity contribution in [2.75, 3.05) is 5.32 Å². The van der Waals surface area contributed by atoms with Gasteiger partial charge in [-0.25, -0.2) is 0 Å². The molecule has 3 unspecified atom stereocenters. The van der Waals surface area contributed by atoms with E-state index >= 15 is 0 Å². The maximum absolute atomic E-state index is 13.1. The molecule has 1 fully saturated rings. The van der Waals surface area contributed by atoms with Crippen LogP contribution in [0.25, 0.3) is 0 Å². The van der Waals surface area contributed by atoms with Crippen molar-refractivity contribution in [3.63, 3.8) is 0 Å². The van der Waals surface area contributed by atoms with Gasteiger partial charge in [-0.15, -0.1) is 10.2 Å². The minimum atomic E-state index is -0.858. The number of carbonyl (C=O) groups is 2. The normalized spacial score (nSPS) is 22.0. The summed E-state index contributed by atoms with van der Waals surface area (Å²) in [5.74, 6) is -1.21. The van der Waals surface area contributed by atoms with Crippen molar-refractivity contribution in [1.29, 1.82) is 0 Å². The highest BCUT2D eigenvalue weighted by molar-refractivity contribution is 7.15. The molecule has 162 valence electrons. The Morgan fingerprint density at radius 3 is 2.67 bits per heavy atom. The third-order valence-corrected chi connectivity index (χ3v) is 7.31. The Hall–Kier alpha value is -2.28. The molecule has 30 heavy (non-hydrogen) atoms. The van der Waals surface area contributed by atoms with Crippen LogP contribution >= 0.6 is 11.3 Å². The lowest BCUT2D eigenvalue weighted by molar-refractivity contribution is -0.153. The Bertz CT molecular complexity index is 854. The molecule has 2 aromatic rings. The summed E-state index contributed by atoms with van der Waals surface area (Å²) in [6.45, 7) is 4.03. The van der Waals surface area contributed by atoms with E-state index in [1.807, 2.05) is 32.0 Å². The molecule has 0 bridgehead atoms. The zero-order valence-electron chi connectivity index (χ0n) is 17.8. The van der Waals surface area contributed by atoms with Crippen molar-refractivity contribution in [3.8, 4) is 0 Å². The van der Waals surface area contributed by atoms with Crippen molar-refractivity contribution in [2.24, 2.45) is 17.3 Å². The monoisotopic (exact) mass is 429 g/mol. The van der Waals surface area contributed by atoms with Gasteiger partial charge in [0.1, 0.15) is 5.01 Å². The molecule has 0 saturated heterocycles. The van der Waals surface area contributed by atoms with Crippen LogP contribution in [0, 0.1) is 17.3 Å². The second-order valence-electron chi connectivity index (χ2n) is 8.27. The van der Waals surface area contributed by atoms with Gasteiger partial charge in [0, 0.05) is 5.92 Å². The van der Waals surface area contributed by atoms with E-state index in [9.17, 15) is 14.7 Å². The summed E-state index contributed by atoms with van der Waals surface area (Å²) in [7, 11) is 0. The van der Waals surface area contributed by atoms with Crippen molar-refractivity contribution >= 4 is 28.3 Å². The molecule has 1 heterocycles. The standard InChI is InChI=1S/C23H31N3O3S/c1-3-9-17(20(27)24-22-26-25-19(4-2)30-22)15-23(21(28)29)13-8-12-18(23)14-16-10-6-5-7-11-16/h5-7,10-11,17-18H,3-4,8-9,12-15H2,1-2H3,(H,28,29)(H,24,26,27). The summed E-state index contributed by atoms with van der Waals surface area (Å²) >= 11 is 1.38. The zero-order valence-corrected chi connectivity index (χ0v) is 18.6. The molecule has 0 radical (unpaired) electrons. The van der Waals surface area contributed by atoms with Crippen LogP contribution in [0.15, 0.2) is 30.3 Å². The Balaban J connectivity index is 1.78. The van der Waals surface area contributed by atoms with Crippen LogP contribution in [0.1, 0.15) is 62.9 Å². The molecule has 1 aliphatic carbocycles. The summed E-state index contributed by atoms with van der Waals surface area (Å²) in [4.78, 5) is 25.6. The number of hydrogen-bond acceptors (Lipinski definition) is 5. The summed E-state index contributed by atoms with van der Waals surface area (Å²) < 4.78 is 0. The first-order chi connectivity index (χ1) is 14.5. The predicted molar refractivity (Wildman–Crippen MR) is 118 cm³/mol. The number of nitrogens with one attached hydrogen (secondary N) is 1. The van der Waals surface area contributed by atoms with Gasteiger partial charge in [0.05, 0.1) is 5.41 Å². The quantitative estimate of drug-likeness (QED) is 0.557. The van der Waals surface area contributed by atoms with Crippen LogP contribution in [0.2, 0.25) is 0 Å². The third-order valence-electron chi connectivity index (χ3n) is 6.33. The molecule has 0 aliphatic heterocycles. The fourth-order valence-corrected chi connectivity index (χ4v) is 5.43. The molecule has 3 atom stereocenters. The Morgan fingerprint density at radius 1 is 1.27 bits per heavy atom. The van der Waals surface area contributed by atoms with Crippen LogP contribution < -0.4 is 5.32 Å². The molecule has 1 saturated carbocycles. The van der Waals surface area contributed by atoms with Crippen molar-refractivity contribution in [2.45, 2.75) is 65.2 Å². The summed E-state index contributed by atoms with van der Waals surface area (Å²) in [6, 6.07) is 10.1. The molecule has 6 nitrogen and oxygen atoms in total. The third kappa shape index (κ3) is 5.06. The number of carbonyl (C=O) groups excluding carboxylic acids is 1. The van der Waals surface area contributed by atoms with E-state index in [2.05, 4.69) is 27.6 Å². The van der Waals surface area contributed by atoms with Gasteiger partial charge in [0.25, 0.3) is 0 Å². The lowest BCUT2D eigenvalue weighted by Crippen LogP contribution is -2.40. The van der Waals surface area contributed by atoms with Crippen LogP contribution in [-0.2, 0) is 22.4 Å². The molecular weight excluding hydrogens is 398 g/mol. The van der Waals surface area contributed by atoms with Gasteiger partial charge in [-0.1, -0.05) is 68.4 Å². The van der Waals surface area contributed by atoms with Crippen LogP contribution in [0.4, 0.5) is 5.13 Å². The molecule has 0 spiro atoms. The molecular formula is C23H31N3O3S. The van der Waals surface area contributed by atoms with Gasteiger partial charge in [-0.05, 0) is 50.0 Å². The smallest absolute Gasteiger partial charge is 0.309 e. The summed E-state index contributed by atoms with van der Waals surface area (Å²) in [6.07, 6.45) is 5.79. The minimum absolute atomic E-state index is 0.0396. The molecule has 7 heteroatoms. The van der Waals surface area contributed by atoms with E-state index in [0.29, 0.717) is 24.4 Å². The minimum Gasteiger partial charge on any atom is -0.481 e. The number of anilines is 1. The maximum atomic E-state index is 13.1. The van der Waals surface area contributed by atoms with E-state index < -0.39 is 11.4 Å². The number of aliphatic carboxylic acids is 1. The highest BCUT2D eigenvalue weighted by Crippen LogP contribution is 2.50. The highest BCUT2D eigenvalue weighted by Gasteiger charge is 2.50. The van der Waals surface area contributed by atoms with E-state index in [-0.39, 0.29) is 17.7 Å². The van der Waals surface area contributed by atoms with Gasteiger partial charge in [0.15, 0.2) is 0 Å². The predicted octanol–water partition coefficient (Wildman–Crippen LogP) is 4.96. The number of aromatic nitrogens is 2. The largest absolute Gasteiger partial charge is 0.481 e. The van der Waals surface area contributed by atoms with E-state index in [0.717, 1.165) is 42.7 Å². The molecule has 2 N–H and O–H groups in total. The number of nitrogens with zero attached hydrogens (tertiary/aromatic N) is 2. The number of hydrogen-bond donors (Lipinski definition) is 2. The van der Waals surface area contributed by atoms with Gasteiger partial charge < -0.3 is 10.4 Å². The van der Waals surface area contributed by atoms with Crippen molar-refractivity contribution in [1.82, 2.24) is 10.2 Å². The molecule has 1 aromatic carbocycles. The Morgan fingerprint density at radius 2 is 2.03 bits per heavy atom. The lowest BCUT2D eigenvalue weighted by Gasteiger charge is -2.34. The van der Waals surface area contributed by atoms with Crippen molar-refractivity contribution in [3.05, 3.63) is 40.9 Å². The molecule has 3 rings (SSSR count). The van der Waals surface area contributed by atoms with E-state index in [4.69, 9.17) is 0 Å². The first kappa shape index (κ1) is 22.4. The first-order valence-electron chi connectivity index (χ1n) is 10.9. The number of amides is 1. The molecule has 1 aliphatic rings. The molecule has 1 aromatic heterocycles. The van der Waals surface area contributed by atoms with Crippen molar-refractivity contribution < 1.29 is 14.7 Å². The van der Waals surface area contributed by atoms with Gasteiger partial charge in [0.2, 0.25) is 11.0 Å². The second kappa shape index (κ2) is 10.2. The van der Waals surface area contributed by atoms with Gasteiger partial charge >= 0.3 is 5.97 Å². The fourth-order valence-electron chi connectivity index (χ4n) is 4.75. The number of carboxylic acid groups (broad SMARTS) is 1.